The molecule has 0 N–H and O–H groups in total. The van der Waals surface area contributed by atoms with E-state index in [1.165, 1.54) is 12.8 Å². The zero-order valence-electron chi connectivity index (χ0n) is 15.0. The Hall–Kier alpha value is -0.740. The minimum Gasteiger partial charge on any atom is -0.306 e. The number of Topliss-reactive ketones (excluding diaryl/α,β-unsaturated/α-hetero) is 2. The molecule has 2 heterocycles. The van der Waals surface area contributed by atoms with Crippen LogP contribution in [0.1, 0.15) is 51.9 Å². The molecule has 0 aromatic carbocycles. The molecule has 0 spiro atoms. The monoisotopic (exact) mass is 320 g/mol. The Morgan fingerprint density at radius 2 is 1.87 bits per heavy atom. The molecular formula is C19H32N2O2. The zero-order chi connectivity index (χ0) is 16.6. The normalized spacial score (nSPS) is 39.2. The van der Waals surface area contributed by atoms with Gasteiger partial charge in [-0.3, -0.25) is 14.5 Å². The van der Waals surface area contributed by atoms with Crippen molar-refractivity contribution in [3.63, 3.8) is 0 Å². The molecule has 4 nitrogen and oxygen atoms in total. The number of hydrogen-bond donors (Lipinski definition) is 0. The first-order valence-corrected chi connectivity index (χ1v) is 9.41. The van der Waals surface area contributed by atoms with Crippen molar-refractivity contribution in [1.29, 1.82) is 0 Å². The highest BCUT2D eigenvalue weighted by Gasteiger charge is 2.46. The van der Waals surface area contributed by atoms with E-state index in [4.69, 9.17) is 0 Å². The largest absolute Gasteiger partial charge is 0.306 e. The molecule has 4 heteroatoms. The van der Waals surface area contributed by atoms with Crippen molar-refractivity contribution in [3.8, 4) is 0 Å². The Labute approximate surface area is 140 Å². The SMILES string of the molecule is CC(=O)[C@@H]1CC2CCCC(CC(=O)[C@@H]3CCCN(C)C3)C2N1C. The van der Waals surface area contributed by atoms with E-state index in [2.05, 4.69) is 23.9 Å². The predicted octanol–water partition coefficient (Wildman–Crippen LogP) is 2.37. The number of carbonyl (C=O) groups is 2. The van der Waals surface area contributed by atoms with Gasteiger partial charge in [0.2, 0.25) is 0 Å². The van der Waals surface area contributed by atoms with E-state index < -0.39 is 0 Å². The number of piperidine rings is 1. The zero-order valence-corrected chi connectivity index (χ0v) is 15.0. The van der Waals surface area contributed by atoms with Crippen LogP contribution >= 0.6 is 0 Å². The Balaban J connectivity index is 1.65. The van der Waals surface area contributed by atoms with Gasteiger partial charge in [0.05, 0.1) is 6.04 Å². The van der Waals surface area contributed by atoms with Crippen LogP contribution < -0.4 is 0 Å². The van der Waals surface area contributed by atoms with Crippen LogP contribution in [-0.2, 0) is 9.59 Å². The molecule has 2 saturated heterocycles. The summed E-state index contributed by atoms with van der Waals surface area (Å²) in [6, 6.07) is 0.532. The van der Waals surface area contributed by atoms with Crippen molar-refractivity contribution in [2.45, 2.75) is 64.0 Å². The van der Waals surface area contributed by atoms with Crippen LogP contribution in [0.25, 0.3) is 0 Å². The average Bonchev–Trinajstić information content (AvgIpc) is 2.86. The summed E-state index contributed by atoms with van der Waals surface area (Å²) in [4.78, 5) is 29.3. The quantitative estimate of drug-likeness (QED) is 0.797. The Morgan fingerprint density at radius 1 is 1.09 bits per heavy atom. The fourth-order valence-electron chi connectivity index (χ4n) is 5.48. The molecule has 0 amide bonds. The summed E-state index contributed by atoms with van der Waals surface area (Å²) in [5.41, 5.74) is 0. The van der Waals surface area contributed by atoms with Gasteiger partial charge in [-0.1, -0.05) is 6.42 Å². The number of nitrogens with zero attached hydrogens (tertiary/aromatic N) is 2. The summed E-state index contributed by atoms with van der Waals surface area (Å²) in [7, 11) is 4.23. The lowest BCUT2D eigenvalue weighted by molar-refractivity contribution is -0.126. The maximum Gasteiger partial charge on any atom is 0.146 e. The molecule has 1 aliphatic carbocycles. The van der Waals surface area contributed by atoms with Gasteiger partial charge in [-0.05, 0) is 71.5 Å². The fraction of sp³-hybridized carbons (Fsp3) is 0.895. The lowest BCUT2D eigenvalue weighted by Crippen LogP contribution is -2.45. The number of carbonyl (C=O) groups excluding carboxylic acids is 2. The second-order valence-corrected chi connectivity index (χ2v) is 8.24. The van der Waals surface area contributed by atoms with Crippen LogP contribution in [0.2, 0.25) is 0 Å². The number of ketones is 2. The standard InChI is InChI=1S/C19H32N2O2/c1-13(22)17-10-14-6-4-7-15(19(14)21(17)3)11-18(23)16-8-5-9-20(2)12-16/h14-17,19H,4-12H2,1-3H3/t14?,15?,16-,17+,19?/m1/s1. The third-order valence-electron chi connectivity index (χ3n) is 6.62. The molecule has 1 saturated carbocycles. The van der Waals surface area contributed by atoms with E-state index in [1.54, 1.807) is 6.92 Å². The van der Waals surface area contributed by atoms with Gasteiger partial charge in [-0.25, -0.2) is 0 Å². The molecule has 3 fully saturated rings. The Kier molecular flexibility index (Phi) is 5.22. The van der Waals surface area contributed by atoms with Crippen LogP contribution in [0.15, 0.2) is 0 Å². The van der Waals surface area contributed by atoms with E-state index in [0.29, 0.717) is 29.4 Å². The van der Waals surface area contributed by atoms with Crippen molar-refractivity contribution in [2.24, 2.45) is 17.8 Å². The van der Waals surface area contributed by atoms with E-state index in [1.807, 2.05) is 0 Å². The lowest BCUT2D eigenvalue weighted by Gasteiger charge is -2.38. The molecule has 0 aromatic rings. The van der Waals surface area contributed by atoms with E-state index in [9.17, 15) is 9.59 Å². The van der Waals surface area contributed by atoms with Crippen LogP contribution in [0.5, 0.6) is 0 Å². The predicted molar refractivity (Wildman–Crippen MR) is 91.3 cm³/mol. The fourth-order valence-corrected chi connectivity index (χ4v) is 5.48. The topological polar surface area (TPSA) is 40.6 Å². The van der Waals surface area contributed by atoms with Crippen molar-refractivity contribution >= 4 is 11.6 Å². The number of likely N-dealkylation sites (N-methyl/N-ethyl adjacent to an activating group) is 1. The van der Waals surface area contributed by atoms with Gasteiger partial charge in [-0.15, -0.1) is 0 Å². The molecule has 5 atom stereocenters. The van der Waals surface area contributed by atoms with E-state index in [-0.39, 0.29) is 12.0 Å². The Bertz CT molecular complexity index is 464. The third kappa shape index (κ3) is 3.53. The van der Waals surface area contributed by atoms with Crippen LogP contribution in [0, 0.1) is 17.8 Å². The molecule has 3 aliphatic rings. The number of hydrogen-bond acceptors (Lipinski definition) is 4. The first kappa shape index (κ1) is 17.1. The average molecular weight is 320 g/mol. The van der Waals surface area contributed by atoms with Crippen LogP contribution in [0.3, 0.4) is 0 Å². The maximum atomic E-state index is 12.8. The van der Waals surface area contributed by atoms with Crippen molar-refractivity contribution in [2.75, 3.05) is 27.2 Å². The first-order valence-electron chi connectivity index (χ1n) is 9.41. The van der Waals surface area contributed by atoms with Gasteiger partial charge in [0.1, 0.15) is 11.6 Å². The summed E-state index contributed by atoms with van der Waals surface area (Å²) in [6.07, 6.45) is 7.57. The molecule has 2 aliphatic heterocycles. The second-order valence-electron chi connectivity index (χ2n) is 8.24. The maximum absolute atomic E-state index is 12.8. The minimum absolute atomic E-state index is 0.0847. The van der Waals surface area contributed by atoms with Crippen molar-refractivity contribution in [3.05, 3.63) is 0 Å². The van der Waals surface area contributed by atoms with Crippen molar-refractivity contribution < 1.29 is 9.59 Å². The molecule has 23 heavy (non-hydrogen) atoms. The highest BCUT2D eigenvalue weighted by atomic mass is 16.1. The summed E-state index contributed by atoms with van der Waals surface area (Å²) in [6.45, 7) is 3.78. The Morgan fingerprint density at radius 3 is 2.57 bits per heavy atom. The highest BCUT2D eigenvalue weighted by Crippen LogP contribution is 2.43. The lowest BCUT2D eigenvalue weighted by atomic mass is 9.74. The molecule has 3 rings (SSSR count). The van der Waals surface area contributed by atoms with Crippen molar-refractivity contribution in [1.82, 2.24) is 9.80 Å². The summed E-state index contributed by atoms with van der Waals surface area (Å²) in [5.74, 6) is 2.09. The molecule has 130 valence electrons. The number of rotatable bonds is 4. The second kappa shape index (κ2) is 7.02. The van der Waals surface area contributed by atoms with Gasteiger partial charge in [0.15, 0.2) is 0 Å². The van der Waals surface area contributed by atoms with Gasteiger partial charge in [-0.2, -0.15) is 0 Å². The van der Waals surface area contributed by atoms with Gasteiger partial charge in [0, 0.05) is 24.9 Å². The van der Waals surface area contributed by atoms with Gasteiger partial charge in [0.25, 0.3) is 0 Å². The van der Waals surface area contributed by atoms with Gasteiger partial charge < -0.3 is 4.90 Å². The van der Waals surface area contributed by atoms with E-state index in [0.717, 1.165) is 45.2 Å². The van der Waals surface area contributed by atoms with E-state index >= 15 is 0 Å². The van der Waals surface area contributed by atoms with Crippen LogP contribution in [0.4, 0.5) is 0 Å². The third-order valence-corrected chi connectivity index (χ3v) is 6.62. The number of likely N-dealkylation sites (tertiary alicyclic amines) is 2. The minimum atomic E-state index is 0.0847. The highest BCUT2D eigenvalue weighted by molar-refractivity contribution is 5.82. The smallest absolute Gasteiger partial charge is 0.146 e. The first-order chi connectivity index (χ1) is 11.0. The summed E-state index contributed by atoms with van der Waals surface area (Å²) < 4.78 is 0. The summed E-state index contributed by atoms with van der Waals surface area (Å²) >= 11 is 0. The molecule has 0 aromatic heterocycles. The molecular weight excluding hydrogens is 288 g/mol. The molecule has 0 radical (unpaired) electrons. The molecule has 3 unspecified atom stereocenters. The van der Waals surface area contributed by atoms with Crippen LogP contribution in [-0.4, -0.2) is 60.6 Å². The molecule has 0 bridgehead atoms. The van der Waals surface area contributed by atoms with Gasteiger partial charge >= 0.3 is 0 Å². The number of fused-ring (bicyclic) bond motifs is 1. The summed E-state index contributed by atoms with van der Waals surface area (Å²) in [5, 5.41) is 0.